The first-order valence-corrected chi connectivity index (χ1v) is 7.92. The maximum Gasteiger partial charge on any atom is 0.217 e. The van der Waals surface area contributed by atoms with Gasteiger partial charge in [-0.15, -0.1) is 0 Å². The number of amides is 1. The summed E-state index contributed by atoms with van der Waals surface area (Å²) in [7, 11) is 0. The Morgan fingerprint density at radius 2 is 1.68 bits per heavy atom. The molecule has 2 rings (SSSR count). The quantitative estimate of drug-likeness (QED) is 0.257. The second kappa shape index (κ2) is 8.20. The highest BCUT2D eigenvalue weighted by atomic mass is 16.7. The van der Waals surface area contributed by atoms with Crippen molar-refractivity contribution in [1.29, 1.82) is 0 Å². The summed E-state index contributed by atoms with van der Waals surface area (Å²) in [6.07, 6.45) is -12.4. The molecule has 0 aromatic carbocycles. The summed E-state index contributed by atoms with van der Waals surface area (Å²) in [5.41, 5.74) is 0. The van der Waals surface area contributed by atoms with Crippen LogP contribution in [0, 0.1) is 0 Å². The van der Waals surface area contributed by atoms with Crippen molar-refractivity contribution in [3.05, 3.63) is 0 Å². The van der Waals surface area contributed by atoms with E-state index in [0.29, 0.717) is 0 Å². The normalized spacial score (nSPS) is 48.2. The van der Waals surface area contributed by atoms with Gasteiger partial charge >= 0.3 is 0 Å². The molecule has 0 aromatic rings. The molecule has 2 saturated heterocycles. The Kier molecular flexibility index (Phi) is 6.70. The van der Waals surface area contributed by atoms with Gasteiger partial charge < -0.3 is 50.2 Å². The molecular weight excluding hydrogens is 342 g/mol. The average Bonchev–Trinajstić information content (AvgIpc) is 2.56. The zero-order valence-corrected chi connectivity index (χ0v) is 13.8. The molecule has 10 atom stereocenters. The summed E-state index contributed by atoms with van der Waals surface area (Å²) < 4.78 is 15.8. The van der Waals surface area contributed by atoms with Crippen LogP contribution in [0.4, 0.5) is 0 Å². The molecule has 1 amide bonds. The lowest BCUT2D eigenvalue weighted by Gasteiger charge is -2.46. The third-order valence-electron chi connectivity index (χ3n) is 4.34. The van der Waals surface area contributed by atoms with Crippen LogP contribution in [0.25, 0.3) is 0 Å². The number of hydrogen-bond acceptors (Lipinski definition) is 10. The molecule has 0 aliphatic carbocycles. The summed E-state index contributed by atoms with van der Waals surface area (Å²) >= 11 is 0. The van der Waals surface area contributed by atoms with Crippen molar-refractivity contribution in [2.24, 2.45) is 0 Å². The first-order chi connectivity index (χ1) is 11.7. The number of aliphatic hydroxyl groups is 6. The van der Waals surface area contributed by atoms with Crippen LogP contribution < -0.4 is 5.32 Å². The zero-order chi connectivity index (χ0) is 18.9. The Labute approximate surface area is 143 Å². The third kappa shape index (κ3) is 4.27. The molecule has 1 unspecified atom stereocenters. The van der Waals surface area contributed by atoms with Gasteiger partial charge in [-0.05, 0) is 6.92 Å². The molecule has 11 nitrogen and oxygen atoms in total. The lowest BCUT2D eigenvalue weighted by atomic mass is 9.95. The predicted octanol–water partition coefficient (Wildman–Crippen LogP) is -4.23. The van der Waals surface area contributed by atoms with Crippen molar-refractivity contribution < 1.29 is 49.6 Å². The Morgan fingerprint density at radius 1 is 1.04 bits per heavy atom. The molecule has 2 aliphatic rings. The van der Waals surface area contributed by atoms with Crippen LogP contribution in [0.1, 0.15) is 13.8 Å². The minimum atomic E-state index is -1.64. The molecular formula is C14H25NO10. The van der Waals surface area contributed by atoms with E-state index in [1.807, 2.05) is 0 Å². The molecule has 0 saturated carbocycles. The average molecular weight is 367 g/mol. The van der Waals surface area contributed by atoms with Crippen molar-refractivity contribution >= 4 is 5.91 Å². The highest BCUT2D eigenvalue weighted by Crippen LogP contribution is 2.28. The molecule has 11 heteroatoms. The van der Waals surface area contributed by atoms with E-state index in [1.54, 1.807) is 0 Å². The van der Waals surface area contributed by atoms with Gasteiger partial charge in [-0.25, -0.2) is 0 Å². The van der Waals surface area contributed by atoms with E-state index in [4.69, 9.17) is 14.2 Å². The Hall–Kier alpha value is -0.890. The van der Waals surface area contributed by atoms with Gasteiger partial charge in [-0.1, -0.05) is 0 Å². The van der Waals surface area contributed by atoms with Crippen LogP contribution in [0.15, 0.2) is 0 Å². The van der Waals surface area contributed by atoms with E-state index in [-0.39, 0.29) is 0 Å². The monoisotopic (exact) mass is 367 g/mol. The SMILES string of the molecule is CC(=O)N[C@H]1C(O)O[C@H](CO)[C@@H](O)[C@@H]1O[C@@H]1O[C@@H](C)[C@H](O)[C@@H](O)[C@H]1O. The third-order valence-corrected chi connectivity index (χ3v) is 4.34. The highest BCUT2D eigenvalue weighted by molar-refractivity contribution is 5.73. The number of carbonyl (C=O) groups excluding carboxylic acids is 1. The second-order valence-electron chi connectivity index (χ2n) is 6.25. The molecule has 7 N–H and O–H groups in total. The lowest BCUT2D eigenvalue weighted by Crippen LogP contribution is -2.67. The largest absolute Gasteiger partial charge is 0.394 e. The Morgan fingerprint density at radius 3 is 2.24 bits per heavy atom. The van der Waals surface area contributed by atoms with Crippen LogP contribution in [-0.4, -0.2) is 105 Å². The highest BCUT2D eigenvalue weighted by Gasteiger charge is 2.50. The number of ether oxygens (including phenoxy) is 3. The molecule has 2 fully saturated rings. The van der Waals surface area contributed by atoms with Crippen LogP contribution in [-0.2, 0) is 19.0 Å². The molecule has 25 heavy (non-hydrogen) atoms. The molecule has 0 bridgehead atoms. The number of carbonyl (C=O) groups is 1. The Bertz CT molecular complexity index is 465. The second-order valence-corrected chi connectivity index (χ2v) is 6.25. The standard InChI is InChI=1S/C14H25NO10/c1-4-8(18)10(20)11(21)14(23-4)25-12-7(15-5(2)17)13(22)24-6(3-16)9(12)19/h4,6-14,16,18-22H,3H2,1-2H3,(H,15,17)/t4-,6+,7+,8-,9+,10+,11+,12+,13?,14-/m0/s1. The van der Waals surface area contributed by atoms with Crippen molar-refractivity contribution in [2.45, 2.75) is 75.2 Å². The van der Waals surface area contributed by atoms with Gasteiger partial charge in [-0.2, -0.15) is 0 Å². The number of nitrogens with one attached hydrogen (secondary N) is 1. The van der Waals surface area contributed by atoms with Gasteiger partial charge in [0, 0.05) is 6.92 Å². The van der Waals surface area contributed by atoms with E-state index in [9.17, 15) is 35.4 Å². The van der Waals surface area contributed by atoms with Crippen LogP contribution in [0.3, 0.4) is 0 Å². The smallest absolute Gasteiger partial charge is 0.217 e. The first kappa shape index (κ1) is 20.4. The molecule has 2 heterocycles. The van der Waals surface area contributed by atoms with E-state index in [2.05, 4.69) is 5.32 Å². The lowest BCUT2D eigenvalue weighted by molar-refractivity contribution is -0.337. The van der Waals surface area contributed by atoms with E-state index < -0.39 is 73.9 Å². The van der Waals surface area contributed by atoms with E-state index in [1.165, 1.54) is 13.8 Å². The van der Waals surface area contributed by atoms with Gasteiger partial charge in [0.2, 0.25) is 5.91 Å². The van der Waals surface area contributed by atoms with Crippen molar-refractivity contribution in [2.75, 3.05) is 6.61 Å². The van der Waals surface area contributed by atoms with Gasteiger partial charge in [-0.3, -0.25) is 4.79 Å². The van der Waals surface area contributed by atoms with Gasteiger partial charge in [0.05, 0.1) is 12.7 Å². The van der Waals surface area contributed by atoms with Crippen LogP contribution in [0.2, 0.25) is 0 Å². The minimum Gasteiger partial charge on any atom is -0.394 e. The van der Waals surface area contributed by atoms with E-state index >= 15 is 0 Å². The molecule has 0 radical (unpaired) electrons. The summed E-state index contributed by atoms with van der Waals surface area (Å²) in [5, 5.41) is 61.5. The number of hydrogen-bond donors (Lipinski definition) is 7. The number of aliphatic hydroxyl groups excluding tert-OH is 6. The van der Waals surface area contributed by atoms with Crippen molar-refractivity contribution in [3.63, 3.8) is 0 Å². The van der Waals surface area contributed by atoms with Crippen LogP contribution >= 0.6 is 0 Å². The molecule has 146 valence electrons. The van der Waals surface area contributed by atoms with Crippen LogP contribution in [0.5, 0.6) is 0 Å². The fourth-order valence-electron chi connectivity index (χ4n) is 2.92. The maximum absolute atomic E-state index is 11.3. The zero-order valence-electron chi connectivity index (χ0n) is 13.8. The summed E-state index contributed by atoms with van der Waals surface area (Å²) in [4.78, 5) is 11.3. The maximum atomic E-state index is 11.3. The summed E-state index contributed by atoms with van der Waals surface area (Å²) in [6, 6.07) is -1.22. The topological polar surface area (TPSA) is 178 Å². The fourth-order valence-corrected chi connectivity index (χ4v) is 2.92. The van der Waals surface area contributed by atoms with Crippen molar-refractivity contribution in [3.8, 4) is 0 Å². The summed E-state index contributed by atoms with van der Waals surface area (Å²) in [5.74, 6) is -0.537. The predicted molar refractivity (Wildman–Crippen MR) is 78.8 cm³/mol. The first-order valence-electron chi connectivity index (χ1n) is 7.92. The van der Waals surface area contributed by atoms with Crippen molar-refractivity contribution in [1.82, 2.24) is 5.32 Å². The fraction of sp³-hybridized carbons (Fsp3) is 0.929. The Balaban J connectivity index is 2.20. The van der Waals surface area contributed by atoms with Gasteiger partial charge in [0.15, 0.2) is 12.6 Å². The van der Waals surface area contributed by atoms with E-state index in [0.717, 1.165) is 0 Å². The summed E-state index contributed by atoms with van der Waals surface area (Å²) in [6.45, 7) is 2.01. The number of rotatable bonds is 4. The molecule has 2 aliphatic heterocycles. The molecule has 0 aromatic heterocycles. The van der Waals surface area contributed by atoms with Gasteiger partial charge in [0.25, 0.3) is 0 Å². The van der Waals surface area contributed by atoms with Gasteiger partial charge in [0.1, 0.15) is 42.7 Å². The minimum absolute atomic E-state index is 0.537. The molecule has 0 spiro atoms.